The zero-order valence-corrected chi connectivity index (χ0v) is 7.81. The fourth-order valence-corrected chi connectivity index (χ4v) is 1.51. The predicted octanol–water partition coefficient (Wildman–Crippen LogP) is 2.48. The van der Waals surface area contributed by atoms with Gasteiger partial charge in [0, 0.05) is 11.5 Å². The first kappa shape index (κ1) is 9.71. The van der Waals surface area contributed by atoms with Gasteiger partial charge in [0.05, 0.1) is 13.2 Å². The maximum Gasteiger partial charge on any atom is 0.0823 e. The summed E-state index contributed by atoms with van der Waals surface area (Å²) in [5, 5.41) is 12.1. The highest BCUT2D eigenvalue weighted by molar-refractivity contribution is 7.09. The summed E-state index contributed by atoms with van der Waals surface area (Å²) in [6.07, 6.45) is 1.61. The molecule has 0 aromatic carbocycles. The maximum absolute atomic E-state index is 10.1. The molecule has 3 heteroatoms. The van der Waals surface area contributed by atoms with Crippen LogP contribution in [0, 0.1) is 0 Å². The van der Waals surface area contributed by atoms with Gasteiger partial charge >= 0.3 is 0 Å². The molecule has 2 nitrogen and oxygen atoms in total. The summed E-state index contributed by atoms with van der Waals surface area (Å²) < 4.78 is 5.35. The van der Waals surface area contributed by atoms with Crippen LogP contribution in [0.1, 0.15) is 17.7 Å². The lowest BCUT2D eigenvalue weighted by Gasteiger charge is -1.99. The van der Waals surface area contributed by atoms with Crippen molar-refractivity contribution in [3.63, 3.8) is 0 Å². The number of ether oxygens (including phenoxy) is 1. The van der Waals surface area contributed by atoms with Gasteiger partial charge in [0.2, 0.25) is 0 Å². The third-order valence-corrected chi connectivity index (χ3v) is 2.36. The third-order valence-electron chi connectivity index (χ3n) is 1.51. The summed E-state index contributed by atoms with van der Waals surface area (Å²) in [5.41, 5.74) is 0. The second kappa shape index (κ2) is 6.17. The minimum absolute atomic E-state index is 0.0162. The first-order valence-corrected chi connectivity index (χ1v) is 4.99. The van der Waals surface area contributed by atoms with Gasteiger partial charge in [-0.3, -0.25) is 0 Å². The molecule has 0 atom stereocenters. The molecule has 0 saturated heterocycles. The van der Waals surface area contributed by atoms with Crippen molar-refractivity contribution in [1.82, 2.24) is 0 Å². The molecular weight excluding hydrogens is 172 g/mol. The fraction of sp³-hybridized carbons (Fsp3) is 0.556. The lowest BCUT2D eigenvalue weighted by molar-refractivity contribution is 0.107. The number of hydrogen-bond acceptors (Lipinski definition) is 2. The minimum atomic E-state index is 0.0162. The quantitative estimate of drug-likeness (QED) is 0.626. The Labute approximate surface area is 76.8 Å². The van der Waals surface area contributed by atoms with Gasteiger partial charge in [-0.2, -0.15) is 0 Å². The second-order valence-corrected chi connectivity index (χ2v) is 3.58. The van der Waals surface area contributed by atoms with Gasteiger partial charge in [0.25, 0.3) is 0 Å². The van der Waals surface area contributed by atoms with Crippen LogP contribution >= 0.6 is 11.3 Å². The van der Waals surface area contributed by atoms with E-state index in [9.17, 15) is 5.11 Å². The van der Waals surface area contributed by atoms with Crippen LogP contribution in [-0.2, 0) is 16.5 Å². The Morgan fingerprint density at radius 1 is 1.42 bits per heavy atom. The van der Waals surface area contributed by atoms with Gasteiger partial charge in [-0.05, 0) is 24.3 Å². The Morgan fingerprint density at radius 3 is 3.00 bits per heavy atom. The molecule has 0 amide bonds. The summed E-state index contributed by atoms with van der Waals surface area (Å²) in [7, 11) is 0. The first-order chi connectivity index (χ1) is 5.93. The average molecular weight is 185 g/mol. The molecule has 0 fully saturated rings. The van der Waals surface area contributed by atoms with E-state index in [1.807, 2.05) is 11.4 Å². The maximum atomic E-state index is 10.1. The van der Waals surface area contributed by atoms with Crippen LogP contribution in [0.2, 0.25) is 0 Å². The molecule has 0 aliphatic carbocycles. The first-order valence-electron chi connectivity index (χ1n) is 4.11. The van der Waals surface area contributed by atoms with Crippen LogP contribution < -0.4 is 0 Å². The van der Waals surface area contributed by atoms with Crippen LogP contribution in [0.5, 0.6) is 0 Å². The van der Waals surface area contributed by atoms with E-state index in [0.717, 1.165) is 12.8 Å². The summed E-state index contributed by atoms with van der Waals surface area (Å²) in [6.45, 7) is 1.42. The van der Waals surface area contributed by atoms with E-state index in [0.29, 0.717) is 13.2 Å². The van der Waals surface area contributed by atoms with Crippen molar-refractivity contribution in [2.24, 2.45) is 0 Å². The van der Waals surface area contributed by atoms with Gasteiger partial charge in [-0.25, -0.2) is 5.11 Å². The Bertz CT molecular complexity index is 184. The molecule has 0 unspecified atom stereocenters. The highest BCUT2D eigenvalue weighted by Crippen LogP contribution is 2.09. The summed E-state index contributed by atoms with van der Waals surface area (Å²) in [6, 6.07) is 4.07. The zero-order chi connectivity index (χ0) is 8.65. The Kier molecular flexibility index (Phi) is 4.99. The Balaban J connectivity index is 1.96. The molecule has 0 aliphatic heterocycles. The van der Waals surface area contributed by atoms with Crippen LogP contribution in [0.25, 0.3) is 0 Å². The van der Waals surface area contributed by atoms with Crippen molar-refractivity contribution in [2.45, 2.75) is 19.4 Å². The molecule has 67 valence electrons. The van der Waals surface area contributed by atoms with E-state index in [4.69, 9.17) is 4.74 Å². The van der Waals surface area contributed by atoms with Gasteiger partial charge < -0.3 is 4.74 Å². The van der Waals surface area contributed by atoms with E-state index in [2.05, 4.69) is 6.07 Å². The monoisotopic (exact) mass is 185 g/mol. The molecular formula is C9H13O2S. The van der Waals surface area contributed by atoms with E-state index in [1.165, 1.54) is 4.88 Å². The van der Waals surface area contributed by atoms with E-state index >= 15 is 0 Å². The van der Waals surface area contributed by atoms with Crippen molar-refractivity contribution in [3.8, 4) is 0 Å². The smallest absolute Gasteiger partial charge is 0.0823 e. The molecule has 0 N–H and O–H groups in total. The van der Waals surface area contributed by atoms with Crippen molar-refractivity contribution < 1.29 is 9.84 Å². The molecule has 1 aromatic rings. The van der Waals surface area contributed by atoms with E-state index < -0.39 is 0 Å². The fourth-order valence-electron chi connectivity index (χ4n) is 0.874. The molecule has 0 saturated carbocycles. The summed E-state index contributed by atoms with van der Waals surface area (Å²) >= 11 is 1.70. The van der Waals surface area contributed by atoms with E-state index in [-0.39, 0.29) is 6.61 Å². The van der Waals surface area contributed by atoms with Crippen molar-refractivity contribution in [1.29, 1.82) is 0 Å². The molecule has 1 aromatic heterocycles. The van der Waals surface area contributed by atoms with Crippen molar-refractivity contribution >= 4 is 11.3 Å². The standard InChI is InChI=1S/C9H13O2S/c10-5-1-2-6-11-8-9-4-3-7-12-9/h3-4,7H,1-2,5-6,8H2. The molecule has 0 spiro atoms. The number of rotatable bonds is 6. The predicted molar refractivity (Wildman–Crippen MR) is 48.8 cm³/mol. The number of thiophene rings is 1. The lowest BCUT2D eigenvalue weighted by Crippen LogP contribution is -1.94. The average Bonchev–Trinajstić information content (AvgIpc) is 2.57. The Morgan fingerprint density at radius 2 is 2.33 bits per heavy atom. The van der Waals surface area contributed by atoms with Crippen LogP contribution in [0.3, 0.4) is 0 Å². The van der Waals surface area contributed by atoms with Gasteiger partial charge in [-0.1, -0.05) is 6.07 Å². The molecule has 1 rings (SSSR count). The third kappa shape index (κ3) is 3.85. The van der Waals surface area contributed by atoms with Crippen LogP contribution in [0.15, 0.2) is 17.5 Å². The SMILES string of the molecule is [O]CCCCOCc1cccs1. The number of hydrogen-bond donors (Lipinski definition) is 0. The highest BCUT2D eigenvalue weighted by atomic mass is 32.1. The second-order valence-electron chi connectivity index (χ2n) is 2.54. The highest BCUT2D eigenvalue weighted by Gasteiger charge is 1.93. The number of unbranched alkanes of at least 4 members (excludes halogenated alkanes) is 1. The van der Waals surface area contributed by atoms with Crippen LogP contribution in [-0.4, -0.2) is 13.2 Å². The molecule has 0 bridgehead atoms. The molecule has 1 heterocycles. The van der Waals surface area contributed by atoms with Crippen molar-refractivity contribution in [3.05, 3.63) is 22.4 Å². The summed E-state index contributed by atoms with van der Waals surface area (Å²) in [4.78, 5) is 1.25. The topological polar surface area (TPSA) is 29.1 Å². The normalized spacial score (nSPS) is 10.4. The molecule has 12 heavy (non-hydrogen) atoms. The van der Waals surface area contributed by atoms with Crippen molar-refractivity contribution in [2.75, 3.05) is 13.2 Å². The van der Waals surface area contributed by atoms with Crippen LogP contribution in [0.4, 0.5) is 0 Å². The van der Waals surface area contributed by atoms with Gasteiger partial charge in [0.15, 0.2) is 0 Å². The van der Waals surface area contributed by atoms with Gasteiger partial charge in [-0.15, -0.1) is 11.3 Å². The molecule has 0 aliphatic rings. The Hall–Kier alpha value is -0.380. The molecule has 1 radical (unpaired) electrons. The minimum Gasteiger partial charge on any atom is -0.376 e. The largest absolute Gasteiger partial charge is 0.376 e. The zero-order valence-electron chi connectivity index (χ0n) is 6.99. The summed E-state index contributed by atoms with van der Waals surface area (Å²) in [5.74, 6) is 0. The van der Waals surface area contributed by atoms with E-state index in [1.54, 1.807) is 11.3 Å². The van der Waals surface area contributed by atoms with Gasteiger partial charge in [0.1, 0.15) is 0 Å². The lowest BCUT2D eigenvalue weighted by atomic mass is 10.3.